The van der Waals surface area contributed by atoms with Crippen LogP contribution in [-0.4, -0.2) is 42.2 Å². The molecule has 0 aliphatic heterocycles. The van der Waals surface area contributed by atoms with Crippen LogP contribution in [0.3, 0.4) is 0 Å². The number of benzene rings is 1. The Morgan fingerprint density at radius 3 is 2.57 bits per heavy atom. The molecule has 0 spiro atoms. The molecule has 0 saturated carbocycles. The Kier molecular flexibility index (Phi) is 5.29. The number of non-ortho nitro benzene ring substituents is 1. The molecular weight excluding hydrogens is 311 g/mol. The number of aliphatic carboxylic acids is 1. The molecule has 0 saturated heterocycles. The molecular formula is C10H11FN2O7S. The molecule has 1 aromatic carbocycles. The molecule has 0 bridgehead atoms. The Balaban J connectivity index is 3.21. The monoisotopic (exact) mass is 322 g/mol. The summed E-state index contributed by atoms with van der Waals surface area (Å²) in [5.41, 5.74) is -0.661. The summed E-state index contributed by atoms with van der Waals surface area (Å²) < 4.78 is 39.0. The Morgan fingerprint density at radius 1 is 1.48 bits per heavy atom. The number of nitro groups is 1. The number of sulfonamides is 1. The van der Waals surface area contributed by atoms with E-state index in [9.17, 15) is 27.7 Å². The van der Waals surface area contributed by atoms with Crippen molar-refractivity contribution in [3.05, 3.63) is 34.1 Å². The highest BCUT2D eigenvalue weighted by molar-refractivity contribution is 7.89. The minimum atomic E-state index is -4.63. The molecule has 0 radical (unpaired) electrons. The van der Waals surface area contributed by atoms with E-state index >= 15 is 0 Å². The normalized spacial score (nSPS) is 12.9. The minimum Gasteiger partial charge on any atom is -0.480 e. The molecule has 21 heavy (non-hydrogen) atoms. The fraction of sp³-hybridized carbons (Fsp3) is 0.300. The lowest BCUT2D eigenvalue weighted by atomic mass is 10.2. The first-order valence-corrected chi connectivity index (χ1v) is 6.97. The molecule has 0 amide bonds. The first-order chi connectivity index (χ1) is 9.69. The molecule has 0 unspecified atom stereocenters. The second kappa shape index (κ2) is 6.56. The number of aliphatic hydroxyl groups is 1. The van der Waals surface area contributed by atoms with Crippen molar-refractivity contribution in [3.63, 3.8) is 0 Å². The zero-order chi connectivity index (χ0) is 16.2. The number of carboxylic acid groups (broad SMARTS) is 1. The lowest BCUT2D eigenvalue weighted by Crippen LogP contribution is -2.41. The van der Waals surface area contributed by atoms with Crippen LogP contribution in [-0.2, 0) is 14.8 Å². The Hall–Kier alpha value is -2.11. The van der Waals surface area contributed by atoms with Crippen LogP contribution in [0, 0.1) is 15.9 Å². The molecule has 0 aromatic heterocycles. The van der Waals surface area contributed by atoms with E-state index in [2.05, 4.69) is 0 Å². The molecule has 116 valence electrons. The first kappa shape index (κ1) is 16.9. The van der Waals surface area contributed by atoms with Gasteiger partial charge >= 0.3 is 5.97 Å². The fourth-order valence-electron chi connectivity index (χ4n) is 1.42. The number of halogens is 1. The van der Waals surface area contributed by atoms with Crippen molar-refractivity contribution in [2.75, 3.05) is 6.61 Å². The van der Waals surface area contributed by atoms with Gasteiger partial charge in [0, 0.05) is 18.7 Å². The van der Waals surface area contributed by atoms with Crippen LogP contribution in [0.2, 0.25) is 0 Å². The molecule has 11 heteroatoms. The largest absolute Gasteiger partial charge is 0.480 e. The highest BCUT2D eigenvalue weighted by Gasteiger charge is 2.28. The van der Waals surface area contributed by atoms with E-state index in [1.807, 2.05) is 0 Å². The highest BCUT2D eigenvalue weighted by atomic mass is 32.2. The van der Waals surface area contributed by atoms with Crippen molar-refractivity contribution < 1.29 is 32.7 Å². The van der Waals surface area contributed by atoms with Gasteiger partial charge in [0.15, 0.2) is 0 Å². The van der Waals surface area contributed by atoms with Crippen molar-refractivity contribution in [2.24, 2.45) is 0 Å². The maximum Gasteiger partial charge on any atom is 0.321 e. The Morgan fingerprint density at radius 2 is 2.10 bits per heavy atom. The van der Waals surface area contributed by atoms with E-state index in [1.54, 1.807) is 4.72 Å². The van der Waals surface area contributed by atoms with Gasteiger partial charge in [0.1, 0.15) is 16.8 Å². The second-order valence-electron chi connectivity index (χ2n) is 3.90. The van der Waals surface area contributed by atoms with Gasteiger partial charge in [-0.3, -0.25) is 14.9 Å². The predicted molar refractivity (Wildman–Crippen MR) is 66.5 cm³/mol. The van der Waals surface area contributed by atoms with Crippen LogP contribution in [0.15, 0.2) is 23.1 Å². The highest BCUT2D eigenvalue weighted by Crippen LogP contribution is 2.21. The van der Waals surface area contributed by atoms with Crippen LogP contribution in [0.5, 0.6) is 0 Å². The van der Waals surface area contributed by atoms with Gasteiger partial charge in [-0.25, -0.2) is 12.8 Å². The molecule has 0 heterocycles. The molecule has 0 fully saturated rings. The average molecular weight is 322 g/mol. The van der Waals surface area contributed by atoms with Crippen LogP contribution in [0.25, 0.3) is 0 Å². The van der Waals surface area contributed by atoms with Gasteiger partial charge < -0.3 is 10.2 Å². The van der Waals surface area contributed by atoms with E-state index in [-0.39, 0.29) is 0 Å². The Labute approximate surface area is 118 Å². The summed E-state index contributed by atoms with van der Waals surface area (Å²) in [5, 5.41) is 28.0. The minimum absolute atomic E-state index is 0.439. The quantitative estimate of drug-likeness (QED) is 0.467. The SMILES string of the molecule is O=C(O)[C@H](CCO)NS(=O)(=O)c1cc([N+](=O)[O-])ccc1F. The smallest absolute Gasteiger partial charge is 0.321 e. The number of carbonyl (C=O) groups is 1. The molecule has 1 atom stereocenters. The summed E-state index contributed by atoms with van der Waals surface area (Å²) in [4.78, 5) is 19.4. The van der Waals surface area contributed by atoms with Gasteiger partial charge in [-0.05, 0) is 12.5 Å². The molecule has 1 aromatic rings. The van der Waals surface area contributed by atoms with E-state index < -0.39 is 56.4 Å². The maximum absolute atomic E-state index is 13.5. The number of aliphatic hydroxyl groups excluding tert-OH is 1. The van der Waals surface area contributed by atoms with Crippen LogP contribution < -0.4 is 4.72 Å². The van der Waals surface area contributed by atoms with Gasteiger partial charge in [0.25, 0.3) is 5.69 Å². The third kappa shape index (κ3) is 4.18. The third-order valence-electron chi connectivity index (χ3n) is 2.43. The zero-order valence-corrected chi connectivity index (χ0v) is 11.2. The van der Waals surface area contributed by atoms with Crippen molar-refractivity contribution in [1.29, 1.82) is 0 Å². The summed E-state index contributed by atoms with van der Waals surface area (Å²) in [6, 6.07) is 0.166. The van der Waals surface area contributed by atoms with Gasteiger partial charge in [-0.15, -0.1) is 0 Å². The number of hydrogen-bond acceptors (Lipinski definition) is 6. The van der Waals surface area contributed by atoms with E-state index in [0.29, 0.717) is 12.1 Å². The number of nitro benzene ring substituents is 1. The number of nitrogens with one attached hydrogen (secondary N) is 1. The summed E-state index contributed by atoms with van der Waals surface area (Å²) in [6.45, 7) is -0.614. The number of nitrogens with zero attached hydrogens (tertiary/aromatic N) is 1. The number of carboxylic acids is 1. The van der Waals surface area contributed by atoms with Crippen molar-refractivity contribution in [3.8, 4) is 0 Å². The van der Waals surface area contributed by atoms with Crippen molar-refractivity contribution in [2.45, 2.75) is 17.4 Å². The summed E-state index contributed by atoms with van der Waals surface area (Å²) >= 11 is 0. The van der Waals surface area contributed by atoms with Crippen LogP contribution >= 0.6 is 0 Å². The second-order valence-corrected chi connectivity index (χ2v) is 5.58. The van der Waals surface area contributed by atoms with Crippen molar-refractivity contribution >= 4 is 21.7 Å². The topological polar surface area (TPSA) is 147 Å². The number of rotatable bonds is 7. The van der Waals surface area contributed by atoms with E-state index in [1.165, 1.54) is 0 Å². The lowest BCUT2D eigenvalue weighted by molar-refractivity contribution is -0.385. The van der Waals surface area contributed by atoms with Gasteiger partial charge in [0.05, 0.1) is 4.92 Å². The maximum atomic E-state index is 13.5. The molecule has 3 N–H and O–H groups in total. The summed E-state index contributed by atoms with van der Waals surface area (Å²) in [7, 11) is -4.63. The van der Waals surface area contributed by atoms with E-state index in [0.717, 1.165) is 6.07 Å². The van der Waals surface area contributed by atoms with Gasteiger partial charge in [-0.1, -0.05) is 0 Å². The molecule has 0 aliphatic carbocycles. The van der Waals surface area contributed by atoms with Crippen molar-refractivity contribution in [1.82, 2.24) is 4.72 Å². The fourth-order valence-corrected chi connectivity index (χ4v) is 2.75. The van der Waals surface area contributed by atoms with Gasteiger partial charge in [-0.2, -0.15) is 4.72 Å². The summed E-state index contributed by atoms with van der Waals surface area (Å²) in [5.74, 6) is -2.83. The van der Waals surface area contributed by atoms with Crippen LogP contribution in [0.1, 0.15) is 6.42 Å². The Bertz CT molecular complexity index is 661. The molecule has 1 rings (SSSR count). The standard InChI is InChI=1S/C10H11FN2O7S/c11-7-2-1-6(13(17)18)5-9(7)21(19,20)12-8(3-4-14)10(15)16/h1-2,5,8,12,14H,3-4H2,(H,15,16)/t8-/m0/s1. The third-order valence-corrected chi connectivity index (χ3v) is 3.92. The molecule has 9 nitrogen and oxygen atoms in total. The number of hydrogen-bond donors (Lipinski definition) is 3. The van der Waals surface area contributed by atoms with Gasteiger partial charge in [0.2, 0.25) is 10.0 Å². The van der Waals surface area contributed by atoms with E-state index in [4.69, 9.17) is 10.2 Å². The molecule has 0 aliphatic rings. The summed E-state index contributed by atoms with van der Waals surface area (Å²) in [6.07, 6.45) is -0.439. The predicted octanol–water partition coefficient (Wildman–Crippen LogP) is -0.152. The van der Waals surface area contributed by atoms with Crippen LogP contribution in [0.4, 0.5) is 10.1 Å². The first-order valence-electron chi connectivity index (χ1n) is 5.49. The lowest BCUT2D eigenvalue weighted by Gasteiger charge is -2.13. The zero-order valence-electron chi connectivity index (χ0n) is 10.4. The average Bonchev–Trinajstić information content (AvgIpc) is 2.37.